The van der Waals surface area contributed by atoms with E-state index in [9.17, 15) is 14.3 Å². The van der Waals surface area contributed by atoms with Gasteiger partial charge in [0.25, 0.3) is 0 Å². The van der Waals surface area contributed by atoms with Crippen LogP contribution in [0, 0.1) is 0 Å². The van der Waals surface area contributed by atoms with Gasteiger partial charge in [0.1, 0.15) is 0 Å². The molecule has 43 heavy (non-hydrogen) atoms. The summed E-state index contributed by atoms with van der Waals surface area (Å²) in [7, 11) is -4.22. The van der Waals surface area contributed by atoms with Crippen molar-refractivity contribution in [2.75, 3.05) is 17.2 Å². The Labute approximate surface area is 308 Å². The summed E-state index contributed by atoms with van der Waals surface area (Å²) < 4.78 is 42.6. The number of rotatable bonds is 8. The van der Waals surface area contributed by atoms with Crippen molar-refractivity contribution in [2.45, 2.75) is 76.6 Å². The molecule has 2 aliphatic heterocycles. The smallest absolute Gasteiger partial charge is 0.748 e. The summed E-state index contributed by atoms with van der Waals surface area (Å²) >= 11 is 7.01. The molecule has 2 aromatic carbocycles. The van der Waals surface area contributed by atoms with Gasteiger partial charge in [0, 0.05) is 35.5 Å². The Bertz CT molecular complexity index is 1620. The number of hydrogen-bond donors (Lipinski definition) is 0. The van der Waals surface area contributed by atoms with E-state index >= 15 is 0 Å². The van der Waals surface area contributed by atoms with E-state index in [0.717, 1.165) is 58.1 Å². The Balaban J connectivity index is 0.00000264. The normalized spacial score (nSPS) is 24.3. The maximum Gasteiger partial charge on any atom is 1.00 e. The van der Waals surface area contributed by atoms with Gasteiger partial charge in [-0.05, 0) is 66.4 Å². The number of para-hydroxylation sites is 2. The summed E-state index contributed by atoms with van der Waals surface area (Å²) in [5.41, 5.74) is 6.75. The molecule has 1 unspecified atom stereocenters. The molecule has 1 atom stereocenters. The summed E-state index contributed by atoms with van der Waals surface area (Å²) in [6.45, 7) is 9.16. The van der Waals surface area contributed by atoms with Crippen molar-refractivity contribution in [3.8, 4) is 0 Å². The number of benzene rings is 2. The molecule has 218 valence electrons. The molecule has 5 nitrogen and oxygen atoms in total. The summed E-state index contributed by atoms with van der Waals surface area (Å²) in [4.78, 5) is 2.25. The molecule has 0 amide bonds. The molecule has 9 heteroatoms. The van der Waals surface area contributed by atoms with E-state index in [1.165, 1.54) is 5.56 Å². The number of unbranched alkanes of at least 4 members (excludes halogenated alkanes) is 1. The summed E-state index contributed by atoms with van der Waals surface area (Å²) in [6, 6.07) is 15.2. The molecule has 5 rings (SSSR count). The summed E-state index contributed by atoms with van der Waals surface area (Å²) in [6.07, 6.45) is 11.8. The van der Waals surface area contributed by atoms with Crippen molar-refractivity contribution < 1.29 is 73.5 Å². The third kappa shape index (κ3) is 7.96. The minimum absolute atomic E-state index is 0. The summed E-state index contributed by atoms with van der Waals surface area (Å²) in [5.74, 6) is -0.345. The van der Waals surface area contributed by atoms with Crippen LogP contribution in [0.5, 0.6) is 0 Å². The minimum Gasteiger partial charge on any atom is -0.748 e. The van der Waals surface area contributed by atoms with Crippen LogP contribution in [-0.2, 0) is 20.9 Å². The largest absolute Gasteiger partial charge is 1.00 e. The zero-order chi connectivity index (χ0) is 30.3. The van der Waals surface area contributed by atoms with Gasteiger partial charge in [-0.3, -0.25) is 0 Å². The average Bonchev–Trinajstić information content (AvgIpc) is 3.27. The maximum absolute atomic E-state index is 11.1. The van der Waals surface area contributed by atoms with E-state index in [1.807, 2.05) is 42.5 Å². The molecular weight excluding hydrogens is 598 g/mol. The predicted molar refractivity (Wildman–Crippen MR) is 169 cm³/mol. The van der Waals surface area contributed by atoms with Crippen molar-refractivity contribution >= 4 is 33.1 Å². The monoisotopic (exact) mass is 637 g/mol. The van der Waals surface area contributed by atoms with Crippen molar-refractivity contribution in [1.82, 2.24) is 0 Å². The van der Waals surface area contributed by atoms with Crippen molar-refractivity contribution in [3.05, 3.63) is 111 Å². The van der Waals surface area contributed by atoms with Crippen LogP contribution >= 0.6 is 11.6 Å². The molecule has 0 fully saturated rings. The molecule has 1 aliphatic carbocycles. The van der Waals surface area contributed by atoms with Crippen LogP contribution in [0.4, 0.5) is 11.4 Å². The molecule has 2 heterocycles. The molecule has 3 aliphatic rings. The first-order valence-electron chi connectivity index (χ1n) is 14.9. The first-order valence-corrected chi connectivity index (χ1v) is 16.3. The van der Waals surface area contributed by atoms with Gasteiger partial charge in [0.2, 0.25) is 0 Å². The molecule has 0 bridgehead atoms. The van der Waals surface area contributed by atoms with E-state index in [4.69, 9.17) is 16.9 Å². The SMILES string of the molecule is [2H]C1(/C=C/C2=C(Cl)C(=C/C=C3/N(CCCCS(=O)(=O)[O-])c4ccccc4C3(C)C)/CCC2)[N-]c2ccccc2C1(C)C.[Na+].[Na+]. The molecule has 0 spiro atoms. The van der Waals surface area contributed by atoms with Crippen molar-refractivity contribution in [2.24, 2.45) is 0 Å². The van der Waals surface area contributed by atoms with E-state index in [0.29, 0.717) is 19.4 Å². The second-order valence-electron chi connectivity index (χ2n) is 12.2. The Kier molecular flexibility index (Phi) is 12.0. The summed E-state index contributed by atoms with van der Waals surface area (Å²) in [5, 5.41) is 5.50. The van der Waals surface area contributed by atoms with Gasteiger partial charge < -0.3 is 14.8 Å². The fourth-order valence-corrected chi connectivity index (χ4v) is 7.12. The van der Waals surface area contributed by atoms with E-state index in [-0.39, 0.29) is 70.3 Å². The molecule has 0 aromatic heterocycles. The number of anilines is 1. The molecule has 2 aromatic rings. The minimum atomic E-state index is -4.22. The third-order valence-electron chi connectivity index (χ3n) is 8.62. The molecule has 0 saturated heterocycles. The van der Waals surface area contributed by atoms with Crippen LogP contribution < -0.4 is 64.0 Å². The maximum atomic E-state index is 11.1. The Morgan fingerprint density at radius 2 is 1.70 bits per heavy atom. The zero-order valence-electron chi connectivity index (χ0n) is 27.3. The molecule has 0 N–H and O–H groups in total. The van der Waals surface area contributed by atoms with Gasteiger partial charge in [-0.2, -0.15) is 0 Å². The first kappa shape index (κ1) is 35.1. The van der Waals surface area contributed by atoms with Gasteiger partial charge in [0.05, 0.1) is 10.1 Å². The van der Waals surface area contributed by atoms with Crippen LogP contribution in [0.2, 0.25) is 0 Å². The number of halogens is 1. The molecule has 0 radical (unpaired) electrons. The fraction of sp³-hybridized carbons (Fsp3) is 0.412. The van der Waals surface area contributed by atoms with E-state index < -0.39 is 21.6 Å². The molecular formula is C34H39ClN2Na2O3S. The van der Waals surface area contributed by atoms with Crippen LogP contribution in [0.3, 0.4) is 0 Å². The number of hydrogen-bond acceptors (Lipinski definition) is 4. The van der Waals surface area contributed by atoms with Crippen LogP contribution in [0.25, 0.3) is 5.32 Å². The standard InChI is InChI=1S/C34H40ClN2O3S.2Na/c1-33(2)26-14-5-7-16-28(26)36-30(33)20-18-24-12-11-13-25(32(24)35)19-21-31-34(3,4)27-15-6-8-17-29(27)37(31)22-9-10-23-41(38,39)40;;/h5-8,14-21,30H,9-13,22-23H2,1-4H3,(H,38,39,40);;/q-1;2*+1/p-1/b20-18+,25-19+,31-21+;;/i30D;;. The first-order chi connectivity index (χ1) is 19.7. The van der Waals surface area contributed by atoms with Gasteiger partial charge in [-0.1, -0.05) is 112 Å². The fourth-order valence-electron chi connectivity index (χ4n) is 6.25. The number of fused-ring (bicyclic) bond motifs is 2. The number of allylic oxidation sites excluding steroid dienone is 7. The predicted octanol–water partition coefficient (Wildman–Crippen LogP) is 2.53. The Morgan fingerprint density at radius 1 is 1.02 bits per heavy atom. The Morgan fingerprint density at radius 3 is 2.40 bits per heavy atom. The topological polar surface area (TPSA) is 74.5 Å². The van der Waals surface area contributed by atoms with E-state index in [1.54, 1.807) is 0 Å². The van der Waals surface area contributed by atoms with Crippen LogP contribution in [0.15, 0.2) is 94.7 Å². The van der Waals surface area contributed by atoms with Crippen molar-refractivity contribution in [1.29, 1.82) is 0 Å². The van der Waals surface area contributed by atoms with E-state index in [2.05, 4.69) is 62.9 Å². The van der Waals surface area contributed by atoms with Gasteiger partial charge in [0.15, 0.2) is 0 Å². The Hall–Kier alpha value is -0.800. The second kappa shape index (κ2) is 14.7. The van der Waals surface area contributed by atoms with Crippen LogP contribution in [-0.4, -0.2) is 31.3 Å². The van der Waals surface area contributed by atoms with Crippen molar-refractivity contribution in [3.63, 3.8) is 0 Å². The van der Waals surface area contributed by atoms with Gasteiger partial charge in [-0.25, -0.2) is 8.42 Å². The quantitative estimate of drug-likeness (QED) is 0.253. The molecule has 0 saturated carbocycles. The average molecular weight is 638 g/mol. The third-order valence-corrected chi connectivity index (χ3v) is 9.90. The van der Waals surface area contributed by atoms with Gasteiger partial charge in [-0.15, -0.1) is 5.69 Å². The van der Waals surface area contributed by atoms with Gasteiger partial charge >= 0.3 is 59.1 Å². The number of nitrogens with zero attached hydrogens (tertiary/aromatic N) is 2. The second-order valence-corrected chi connectivity index (χ2v) is 14.1. The van der Waals surface area contributed by atoms with Crippen LogP contribution in [0.1, 0.15) is 72.3 Å². The zero-order valence-corrected chi connectivity index (χ0v) is 31.9.